The molecule has 0 aromatic carbocycles. The third-order valence-corrected chi connectivity index (χ3v) is 6.42. The van der Waals surface area contributed by atoms with Crippen LogP contribution in [0.1, 0.15) is 25.7 Å². The minimum atomic E-state index is 0.205. The Labute approximate surface area is 108 Å². The molecule has 0 spiro atoms. The third kappa shape index (κ3) is 3.58. The van der Waals surface area contributed by atoms with Gasteiger partial charge in [-0.3, -0.25) is 0 Å². The zero-order valence-corrected chi connectivity index (χ0v) is 13.0. The molecule has 1 rings (SSSR count). The lowest BCUT2D eigenvalue weighted by Crippen LogP contribution is -2.28. The first-order chi connectivity index (χ1) is 5.55. The molecule has 0 aromatic heterocycles. The maximum atomic E-state index is 3.71. The summed E-state index contributed by atoms with van der Waals surface area (Å²) in [5.41, 5.74) is 0. The Kier molecular flexibility index (Phi) is 5.12. The number of alkyl halides is 4. The normalized spacial score (nSPS) is 31.5. The van der Waals surface area contributed by atoms with Gasteiger partial charge in [0.1, 0.15) is 0 Å². The molecule has 1 saturated carbocycles. The summed E-state index contributed by atoms with van der Waals surface area (Å²) in [5, 5.41) is 1.05. The lowest BCUT2D eigenvalue weighted by atomic mass is 9.87. The summed E-state index contributed by atoms with van der Waals surface area (Å²) in [6.07, 6.45) is 5.12. The van der Waals surface area contributed by atoms with Gasteiger partial charge in [0.25, 0.3) is 0 Å². The van der Waals surface area contributed by atoms with E-state index in [2.05, 4.69) is 63.7 Å². The van der Waals surface area contributed by atoms with Gasteiger partial charge < -0.3 is 0 Å². The van der Waals surface area contributed by atoms with Gasteiger partial charge in [0.05, 0.1) is 3.23 Å². The molecule has 2 unspecified atom stereocenters. The number of hydrogen-bond donors (Lipinski definition) is 0. The van der Waals surface area contributed by atoms with E-state index in [0.29, 0.717) is 4.83 Å². The number of halogens is 4. The van der Waals surface area contributed by atoms with E-state index in [-0.39, 0.29) is 3.23 Å². The summed E-state index contributed by atoms with van der Waals surface area (Å²) in [5.74, 6) is 0.789. The molecule has 0 bridgehead atoms. The Balaban J connectivity index is 2.46. The van der Waals surface area contributed by atoms with Crippen molar-refractivity contribution in [1.82, 2.24) is 0 Å². The van der Waals surface area contributed by atoms with Crippen molar-refractivity contribution >= 4 is 63.7 Å². The van der Waals surface area contributed by atoms with E-state index >= 15 is 0 Å². The molecule has 0 aromatic rings. The van der Waals surface area contributed by atoms with Gasteiger partial charge in [-0.15, -0.1) is 0 Å². The molecule has 0 saturated heterocycles. The van der Waals surface area contributed by atoms with Crippen LogP contribution in [0.15, 0.2) is 0 Å². The van der Waals surface area contributed by atoms with Crippen LogP contribution in [0.25, 0.3) is 0 Å². The van der Waals surface area contributed by atoms with Crippen molar-refractivity contribution in [2.75, 3.05) is 5.33 Å². The molecule has 4 heteroatoms. The molecule has 72 valence electrons. The molecular formula is C8H12Br4. The SMILES string of the molecule is BrCC(Br)C1CCCC(Br)(Br)C1. The summed E-state index contributed by atoms with van der Waals surface area (Å²) < 4.78 is 0.205. The third-order valence-electron chi connectivity index (χ3n) is 2.34. The Hall–Kier alpha value is 1.92. The van der Waals surface area contributed by atoms with Crippen molar-refractivity contribution in [2.24, 2.45) is 5.92 Å². The Bertz CT molecular complexity index is 146. The molecule has 0 nitrogen and oxygen atoms in total. The molecule has 0 amide bonds. The predicted octanol–water partition coefficient (Wildman–Crippen LogP) is 4.82. The van der Waals surface area contributed by atoms with Crippen LogP contribution in [0.3, 0.4) is 0 Å². The van der Waals surface area contributed by atoms with E-state index in [0.717, 1.165) is 11.2 Å². The van der Waals surface area contributed by atoms with E-state index in [9.17, 15) is 0 Å². The highest BCUT2D eigenvalue weighted by atomic mass is 79.9. The zero-order valence-electron chi connectivity index (χ0n) is 6.70. The first-order valence-electron chi connectivity index (χ1n) is 4.13. The standard InChI is InChI=1S/C8H12Br4/c9-5-7(10)6-2-1-3-8(11,12)4-6/h6-7H,1-5H2. The summed E-state index contributed by atoms with van der Waals surface area (Å²) >= 11 is 14.6. The molecule has 12 heavy (non-hydrogen) atoms. The minimum absolute atomic E-state index is 0.205. The van der Waals surface area contributed by atoms with Crippen LogP contribution in [-0.2, 0) is 0 Å². The molecule has 1 aliphatic carbocycles. The summed E-state index contributed by atoms with van der Waals surface area (Å²) in [6.45, 7) is 0. The van der Waals surface area contributed by atoms with Crippen molar-refractivity contribution in [3.05, 3.63) is 0 Å². The monoisotopic (exact) mass is 424 g/mol. The average Bonchev–Trinajstić information content (AvgIpc) is 2.01. The quantitative estimate of drug-likeness (QED) is 0.554. The van der Waals surface area contributed by atoms with Gasteiger partial charge in [-0.05, 0) is 25.2 Å². The van der Waals surface area contributed by atoms with Crippen LogP contribution in [0, 0.1) is 5.92 Å². The highest BCUT2D eigenvalue weighted by Crippen LogP contribution is 2.45. The second-order valence-corrected chi connectivity index (χ2v) is 9.31. The molecular weight excluding hydrogens is 416 g/mol. The molecule has 0 heterocycles. The van der Waals surface area contributed by atoms with Crippen LogP contribution in [0.4, 0.5) is 0 Å². The van der Waals surface area contributed by atoms with Crippen molar-refractivity contribution < 1.29 is 0 Å². The Morgan fingerprint density at radius 1 is 1.42 bits per heavy atom. The fraction of sp³-hybridized carbons (Fsp3) is 1.00. The van der Waals surface area contributed by atoms with E-state index in [1.807, 2.05) is 0 Å². The largest absolute Gasteiger partial charge is 0.0916 e. The molecule has 2 atom stereocenters. The van der Waals surface area contributed by atoms with Crippen LogP contribution in [0.2, 0.25) is 0 Å². The average molecular weight is 428 g/mol. The van der Waals surface area contributed by atoms with Crippen molar-refractivity contribution in [3.8, 4) is 0 Å². The summed E-state index contributed by atoms with van der Waals surface area (Å²) in [7, 11) is 0. The first kappa shape index (κ1) is 12.0. The van der Waals surface area contributed by atoms with Gasteiger partial charge in [0, 0.05) is 10.2 Å². The predicted molar refractivity (Wildman–Crippen MR) is 69.1 cm³/mol. The van der Waals surface area contributed by atoms with Gasteiger partial charge >= 0.3 is 0 Å². The van der Waals surface area contributed by atoms with Crippen LogP contribution in [0.5, 0.6) is 0 Å². The molecule has 0 N–H and O–H groups in total. The second kappa shape index (κ2) is 5.13. The number of rotatable bonds is 2. The van der Waals surface area contributed by atoms with Crippen molar-refractivity contribution in [2.45, 2.75) is 33.7 Å². The molecule has 0 aliphatic heterocycles. The van der Waals surface area contributed by atoms with Crippen LogP contribution >= 0.6 is 63.7 Å². The first-order valence-corrected chi connectivity index (χ1v) is 7.75. The maximum Gasteiger partial charge on any atom is 0.0808 e. The highest BCUT2D eigenvalue weighted by molar-refractivity contribution is 9.25. The van der Waals surface area contributed by atoms with Crippen molar-refractivity contribution in [1.29, 1.82) is 0 Å². The van der Waals surface area contributed by atoms with E-state index < -0.39 is 0 Å². The summed E-state index contributed by atoms with van der Waals surface area (Å²) in [6, 6.07) is 0. The highest BCUT2D eigenvalue weighted by Gasteiger charge is 2.33. The lowest BCUT2D eigenvalue weighted by Gasteiger charge is -2.34. The maximum absolute atomic E-state index is 3.71. The van der Waals surface area contributed by atoms with Crippen LogP contribution in [-0.4, -0.2) is 13.4 Å². The Morgan fingerprint density at radius 3 is 2.58 bits per heavy atom. The minimum Gasteiger partial charge on any atom is -0.0916 e. The van der Waals surface area contributed by atoms with Gasteiger partial charge in [-0.25, -0.2) is 0 Å². The van der Waals surface area contributed by atoms with Gasteiger partial charge in [-0.2, -0.15) is 0 Å². The fourth-order valence-electron chi connectivity index (χ4n) is 1.65. The Morgan fingerprint density at radius 2 is 2.08 bits per heavy atom. The summed E-state index contributed by atoms with van der Waals surface area (Å²) in [4.78, 5) is 0.618. The second-order valence-electron chi connectivity index (χ2n) is 3.38. The van der Waals surface area contributed by atoms with Crippen molar-refractivity contribution in [3.63, 3.8) is 0 Å². The fourth-order valence-corrected chi connectivity index (χ4v) is 4.02. The zero-order chi connectivity index (χ0) is 9.19. The van der Waals surface area contributed by atoms with E-state index in [1.54, 1.807) is 0 Å². The van der Waals surface area contributed by atoms with Gasteiger partial charge in [0.15, 0.2) is 0 Å². The van der Waals surface area contributed by atoms with Crippen LogP contribution < -0.4 is 0 Å². The van der Waals surface area contributed by atoms with Gasteiger partial charge in [0.2, 0.25) is 0 Å². The smallest absolute Gasteiger partial charge is 0.0808 e. The van der Waals surface area contributed by atoms with E-state index in [1.165, 1.54) is 25.7 Å². The lowest BCUT2D eigenvalue weighted by molar-refractivity contribution is 0.361. The number of hydrogen-bond acceptors (Lipinski definition) is 0. The molecule has 1 fully saturated rings. The topological polar surface area (TPSA) is 0 Å². The van der Waals surface area contributed by atoms with E-state index in [4.69, 9.17) is 0 Å². The van der Waals surface area contributed by atoms with Gasteiger partial charge in [-0.1, -0.05) is 70.1 Å². The molecule has 0 radical (unpaired) electrons. The molecule has 1 aliphatic rings.